The van der Waals surface area contributed by atoms with E-state index in [-0.39, 0.29) is 0 Å². The molecule has 0 heterocycles. The highest BCUT2D eigenvalue weighted by molar-refractivity contribution is 7.80. The standard InChI is InChI=1S/C6H13NO8S/c7-3(1-8)5(10)6(11)4(9)2-15-16(12,13)14/h3,5-6,8,10-11H,1-2,7H2,(H,12,13,14)/t3-,5+,6-/m0/s1. The average molecular weight is 259 g/mol. The summed E-state index contributed by atoms with van der Waals surface area (Å²) < 4.78 is 32.0. The molecule has 0 aliphatic heterocycles. The molecule has 0 spiro atoms. The maximum absolute atomic E-state index is 11.0. The zero-order valence-corrected chi connectivity index (χ0v) is 8.87. The van der Waals surface area contributed by atoms with Gasteiger partial charge in [0, 0.05) is 0 Å². The maximum atomic E-state index is 11.0. The Bertz CT molecular complexity index is 327. The predicted molar refractivity (Wildman–Crippen MR) is 49.6 cm³/mol. The summed E-state index contributed by atoms with van der Waals surface area (Å²) in [5.74, 6) is -1.20. The normalized spacial score (nSPS) is 17.8. The van der Waals surface area contributed by atoms with E-state index in [0.717, 1.165) is 0 Å². The average Bonchev–Trinajstić information content (AvgIpc) is 2.21. The lowest BCUT2D eigenvalue weighted by Crippen LogP contribution is -2.49. The van der Waals surface area contributed by atoms with Gasteiger partial charge in [-0.05, 0) is 0 Å². The lowest BCUT2D eigenvalue weighted by Gasteiger charge is -2.20. The van der Waals surface area contributed by atoms with Crippen LogP contribution < -0.4 is 5.73 Å². The second kappa shape index (κ2) is 6.20. The number of hydrogen-bond donors (Lipinski definition) is 5. The van der Waals surface area contributed by atoms with Crippen molar-refractivity contribution in [2.45, 2.75) is 18.2 Å². The summed E-state index contributed by atoms with van der Waals surface area (Å²) in [7, 11) is -4.80. The van der Waals surface area contributed by atoms with Gasteiger partial charge in [0.1, 0.15) is 18.8 Å². The molecule has 0 amide bonds. The molecule has 16 heavy (non-hydrogen) atoms. The smallest absolute Gasteiger partial charge is 0.395 e. The van der Waals surface area contributed by atoms with Gasteiger partial charge in [-0.15, -0.1) is 0 Å². The molecule has 0 aromatic heterocycles. The minimum atomic E-state index is -4.80. The van der Waals surface area contributed by atoms with E-state index in [4.69, 9.17) is 25.6 Å². The van der Waals surface area contributed by atoms with Crippen molar-refractivity contribution in [2.24, 2.45) is 5.73 Å². The Morgan fingerprint density at radius 3 is 2.25 bits per heavy atom. The summed E-state index contributed by atoms with van der Waals surface area (Å²) in [5.41, 5.74) is 5.12. The van der Waals surface area contributed by atoms with E-state index in [1.165, 1.54) is 0 Å². The van der Waals surface area contributed by atoms with Crippen LogP contribution in [0.25, 0.3) is 0 Å². The summed E-state index contributed by atoms with van der Waals surface area (Å²) in [6.45, 7) is -1.82. The highest BCUT2D eigenvalue weighted by Crippen LogP contribution is 2.01. The van der Waals surface area contributed by atoms with E-state index in [2.05, 4.69) is 4.18 Å². The van der Waals surface area contributed by atoms with Crippen LogP contribution in [0.1, 0.15) is 0 Å². The monoisotopic (exact) mass is 259 g/mol. The minimum Gasteiger partial charge on any atom is -0.395 e. The fraction of sp³-hybridized carbons (Fsp3) is 0.833. The van der Waals surface area contributed by atoms with Crippen LogP contribution in [0.15, 0.2) is 0 Å². The second-order valence-corrected chi connectivity index (χ2v) is 4.03. The van der Waals surface area contributed by atoms with Crippen molar-refractivity contribution in [1.29, 1.82) is 0 Å². The fourth-order valence-corrected chi connectivity index (χ4v) is 1.02. The Morgan fingerprint density at radius 1 is 1.38 bits per heavy atom. The van der Waals surface area contributed by atoms with E-state index >= 15 is 0 Å². The zero-order valence-electron chi connectivity index (χ0n) is 8.05. The predicted octanol–water partition coefficient (Wildman–Crippen LogP) is -3.58. The first-order chi connectivity index (χ1) is 7.19. The molecule has 0 rings (SSSR count). The third-order valence-electron chi connectivity index (χ3n) is 1.65. The lowest BCUT2D eigenvalue weighted by molar-refractivity contribution is -0.136. The Morgan fingerprint density at radius 2 is 1.88 bits per heavy atom. The molecule has 0 aromatic carbocycles. The van der Waals surface area contributed by atoms with Crippen LogP contribution >= 0.6 is 0 Å². The first-order valence-electron chi connectivity index (χ1n) is 4.06. The summed E-state index contributed by atoms with van der Waals surface area (Å²) in [4.78, 5) is 11.0. The maximum Gasteiger partial charge on any atom is 0.397 e. The zero-order chi connectivity index (χ0) is 12.9. The molecule has 6 N–H and O–H groups in total. The Kier molecular flexibility index (Phi) is 5.96. The molecule has 0 fully saturated rings. The molecule has 0 aromatic rings. The molecule has 0 aliphatic carbocycles. The van der Waals surface area contributed by atoms with Crippen LogP contribution in [0, 0.1) is 0 Å². The number of aliphatic hydroxyl groups excluding tert-OH is 3. The SMILES string of the molecule is N[C@@H](CO)[C@@H](O)[C@@H](O)C(=O)COS(=O)(=O)O. The van der Waals surface area contributed by atoms with Crippen molar-refractivity contribution in [3.63, 3.8) is 0 Å². The molecule has 0 saturated carbocycles. The van der Waals surface area contributed by atoms with Gasteiger partial charge in [0.15, 0.2) is 5.78 Å². The number of aliphatic hydroxyl groups is 3. The van der Waals surface area contributed by atoms with Gasteiger partial charge in [-0.2, -0.15) is 8.42 Å². The first kappa shape index (κ1) is 15.4. The summed E-state index contributed by atoms with van der Waals surface area (Å²) >= 11 is 0. The molecular formula is C6H13NO8S. The molecule has 9 nitrogen and oxygen atoms in total. The van der Waals surface area contributed by atoms with Gasteiger partial charge in [0.2, 0.25) is 0 Å². The van der Waals surface area contributed by atoms with E-state index in [1.807, 2.05) is 0 Å². The largest absolute Gasteiger partial charge is 0.397 e. The Hall–Kier alpha value is -0.620. The molecule has 0 aliphatic rings. The van der Waals surface area contributed by atoms with Crippen molar-refractivity contribution >= 4 is 16.2 Å². The molecule has 0 unspecified atom stereocenters. The molecule has 0 saturated heterocycles. The lowest BCUT2D eigenvalue weighted by atomic mass is 10.0. The number of Topliss-reactive ketones (excluding diaryl/α,β-unsaturated/α-hetero) is 1. The highest BCUT2D eigenvalue weighted by Gasteiger charge is 2.29. The summed E-state index contributed by atoms with van der Waals surface area (Å²) in [6.07, 6.45) is -3.77. The van der Waals surface area contributed by atoms with Gasteiger partial charge >= 0.3 is 10.4 Å². The van der Waals surface area contributed by atoms with Crippen molar-refractivity contribution < 1.29 is 37.3 Å². The third-order valence-corrected chi connectivity index (χ3v) is 2.07. The number of rotatable bonds is 7. The molecule has 3 atom stereocenters. The molecule has 0 bridgehead atoms. The summed E-state index contributed by atoms with van der Waals surface area (Å²) in [6, 6.07) is -1.26. The Balaban J connectivity index is 4.29. The molecule has 10 heteroatoms. The molecule has 96 valence electrons. The van der Waals surface area contributed by atoms with E-state index in [9.17, 15) is 13.2 Å². The van der Waals surface area contributed by atoms with Crippen molar-refractivity contribution in [3.8, 4) is 0 Å². The minimum absolute atomic E-state index is 0.676. The van der Waals surface area contributed by atoms with Crippen LogP contribution in [0.3, 0.4) is 0 Å². The molecule has 0 radical (unpaired) electrons. The van der Waals surface area contributed by atoms with Gasteiger partial charge in [-0.1, -0.05) is 0 Å². The van der Waals surface area contributed by atoms with Gasteiger partial charge in [-0.3, -0.25) is 9.35 Å². The number of ketones is 1. The van der Waals surface area contributed by atoms with E-state index in [1.54, 1.807) is 0 Å². The number of nitrogens with two attached hydrogens (primary N) is 1. The van der Waals surface area contributed by atoms with Gasteiger partial charge in [-0.25, -0.2) is 4.18 Å². The Labute approximate surface area is 91.4 Å². The van der Waals surface area contributed by atoms with Crippen molar-refractivity contribution in [1.82, 2.24) is 0 Å². The fourth-order valence-electron chi connectivity index (χ4n) is 0.751. The highest BCUT2D eigenvalue weighted by atomic mass is 32.3. The van der Waals surface area contributed by atoms with Crippen molar-refractivity contribution in [2.75, 3.05) is 13.2 Å². The van der Waals surface area contributed by atoms with E-state index < -0.39 is 47.6 Å². The van der Waals surface area contributed by atoms with Crippen LogP contribution in [-0.4, -0.2) is 65.5 Å². The number of hydrogen-bond acceptors (Lipinski definition) is 8. The summed E-state index contributed by atoms with van der Waals surface area (Å²) in [5, 5.41) is 26.8. The first-order valence-corrected chi connectivity index (χ1v) is 5.42. The topological polar surface area (TPSA) is 167 Å². The van der Waals surface area contributed by atoms with Gasteiger partial charge in [0.25, 0.3) is 0 Å². The van der Waals surface area contributed by atoms with Gasteiger partial charge < -0.3 is 21.1 Å². The van der Waals surface area contributed by atoms with Crippen LogP contribution in [0.4, 0.5) is 0 Å². The van der Waals surface area contributed by atoms with Crippen LogP contribution in [0.2, 0.25) is 0 Å². The van der Waals surface area contributed by atoms with Crippen LogP contribution in [-0.2, 0) is 19.4 Å². The number of carbonyl (C=O) groups is 1. The van der Waals surface area contributed by atoms with E-state index in [0.29, 0.717) is 0 Å². The second-order valence-electron chi connectivity index (χ2n) is 2.94. The van der Waals surface area contributed by atoms with Gasteiger partial charge in [0.05, 0.1) is 12.6 Å². The quantitative estimate of drug-likeness (QED) is 0.290. The molecular weight excluding hydrogens is 246 g/mol. The third kappa shape index (κ3) is 5.46. The number of carbonyl (C=O) groups excluding carboxylic acids is 1. The van der Waals surface area contributed by atoms with Crippen molar-refractivity contribution in [3.05, 3.63) is 0 Å². The van der Waals surface area contributed by atoms with Crippen LogP contribution in [0.5, 0.6) is 0 Å².